The molecule has 0 fully saturated rings. The molecule has 1 aromatic rings. The summed E-state index contributed by atoms with van der Waals surface area (Å²) in [5, 5.41) is 3.11. The van der Waals surface area contributed by atoms with Crippen LogP contribution in [-0.4, -0.2) is 20.1 Å². The smallest absolute Gasteiger partial charge is 0.00172 e. The third-order valence-corrected chi connectivity index (χ3v) is 2.28. The van der Waals surface area contributed by atoms with Gasteiger partial charge in [0.05, 0.1) is 0 Å². The summed E-state index contributed by atoms with van der Waals surface area (Å²) < 4.78 is 0. The second-order valence-corrected chi connectivity index (χ2v) is 3.57. The number of benzene rings is 1. The van der Waals surface area contributed by atoms with Crippen molar-refractivity contribution in [2.45, 2.75) is 12.8 Å². The molecule has 2 heteroatoms. The van der Waals surface area contributed by atoms with Gasteiger partial charge in [0, 0.05) is 0 Å². The van der Waals surface area contributed by atoms with E-state index >= 15 is 0 Å². The lowest BCUT2D eigenvalue weighted by atomic mass is 10.1. The molecule has 0 atom stereocenters. The Kier molecular flexibility index (Phi) is 5.74. The maximum Gasteiger partial charge on any atom is -0.00172 e. The van der Waals surface area contributed by atoms with Gasteiger partial charge in [0.25, 0.3) is 0 Å². The normalized spacial score (nSPS) is 11.1. The minimum Gasteiger partial charge on any atom is -0.330 e. The average molecular weight is 204 g/mol. The van der Waals surface area contributed by atoms with Gasteiger partial charge in [-0.05, 0) is 44.1 Å². The molecule has 0 spiro atoms. The first-order valence-electron chi connectivity index (χ1n) is 5.47. The molecule has 2 nitrogen and oxygen atoms in total. The van der Waals surface area contributed by atoms with Gasteiger partial charge in [0.2, 0.25) is 0 Å². The standard InChI is InChI=1S/C13H20N2/c1-15-11-3-2-4-12-5-7-13(8-6-12)9-10-14/h2,4-8,15H,3,9-11,14H2,1H3. The van der Waals surface area contributed by atoms with Crippen LogP contribution in [0.2, 0.25) is 0 Å². The Morgan fingerprint density at radius 3 is 2.60 bits per heavy atom. The summed E-state index contributed by atoms with van der Waals surface area (Å²) in [6.07, 6.45) is 6.38. The zero-order valence-corrected chi connectivity index (χ0v) is 9.37. The van der Waals surface area contributed by atoms with Gasteiger partial charge in [0.15, 0.2) is 0 Å². The molecule has 0 saturated carbocycles. The molecule has 1 aromatic carbocycles. The van der Waals surface area contributed by atoms with Crippen LogP contribution in [0, 0.1) is 0 Å². The third-order valence-electron chi connectivity index (χ3n) is 2.28. The molecular weight excluding hydrogens is 184 g/mol. The minimum atomic E-state index is 0.720. The monoisotopic (exact) mass is 204 g/mol. The van der Waals surface area contributed by atoms with Gasteiger partial charge >= 0.3 is 0 Å². The van der Waals surface area contributed by atoms with Gasteiger partial charge < -0.3 is 11.1 Å². The Hall–Kier alpha value is -1.12. The van der Waals surface area contributed by atoms with E-state index in [1.54, 1.807) is 0 Å². The van der Waals surface area contributed by atoms with Gasteiger partial charge in [-0.25, -0.2) is 0 Å². The van der Waals surface area contributed by atoms with Crippen molar-refractivity contribution in [2.75, 3.05) is 20.1 Å². The van der Waals surface area contributed by atoms with Crippen molar-refractivity contribution in [3.05, 3.63) is 41.5 Å². The van der Waals surface area contributed by atoms with E-state index < -0.39 is 0 Å². The molecule has 0 unspecified atom stereocenters. The zero-order chi connectivity index (χ0) is 10.9. The van der Waals surface area contributed by atoms with Crippen LogP contribution < -0.4 is 11.1 Å². The SMILES string of the molecule is CNCCC=Cc1ccc(CCN)cc1. The van der Waals surface area contributed by atoms with E-state index in [1.165, 1.54) is 11.1 Å². The van der Waals surface area contributed by atoms with Crippen molar-refractivity contribution in [2.24, 2.45) is 5.73 Å². The summed E-state index contributed by atoms with van der Waals surface area (Å²) in [7, 11) is 1.97. The van der Waals surface area contributed by atoms with Gasteiger partial charge in [-0.15, -0.1) is 0 Å². The molecule has 0 aliphatic heterocycles. The van der Waals surface area contributed by atoms with Crippen LogP contribution in [0.3, 0.4) is 0 Å². The van der Waals surface area contributed by atoms with Crippen LogP contribution in [0.15, 0.2) is 30.3 Å². The van der Waals surface area contributed by atoms with E-state index in [2.05, 4.69) is 41.7 Å². The van der Waals surface area contributed by atoms with Gasteiger partial charge in [-0.3, -0.25) is 0 Å². The Balaban J connectivity index is 2.45. The van der Waals surface area contributed by atoms with Gasteiger partial charge in [-0.1, -0.05) is 36.4 Å². The summed E-state index contributed by atoms with van der Waals surface area (Å²) in [6.45, 7) is 1.75. The van der Waals surface area contributed by atoms with Crippen molar-refractivity contribution in [1.29, 1.82) is 0 Å². The fourth-order valence-corrected chi connectivity index (χ4v) is 1.41. The Morgan fingerprint density at radius 2 is 2.00 bits per heavy atom. The minimum absolute atomic E-state index is 0.720. The predicted molar refractivity (Wildman–Crippen MR) is 66.8 cm³/mol. The summed E-state index contributed by atoms with van der Waals surface area (Å²) in [6, 6.07) is 8.57. The van der Waals surface area contributed by atoms with Crippen LogP contribution in [0.1, 0.15) is 17.5 Å². The van der Waals surface area contributed by atoms with Gasteiger partial charge in [-0.2, -0.15) is 0 Å². The maximum absolute atomic E-state index is 5.49. The maximum atomic E-state index is 5.49. The Labute approximate surface area is 92.2 Å². The fraction of sp³-hybridized carbons (Fsp3) is 0.385. The molecule has 82 valence electrons. The predicted octanol–water partition coefficient (Wildman–Crippen LogP) is 1.81. The first kappa shape index (κ1) is 12.0. The molecule has 0 aliphatic rings. The van der Waals surface area contributed by atoms with Crippen LogP contribution in [0.5, 0.6) is 0 Å². The fourth-order valence-electron chi connectivity index (χ4n) is 1.41. The summed E-state index contributed by atoms with van der Waals surface area (Å²) >= 11 is 0. The molecule has 15 heavy (non-hydrogen) atoms. The molecule has 0 radical (unpaired) electrons. The summed E-state index contributed by atoms with van der Waals surface area (Å²) in [5.74, 6) is 0. The lowest BCUT2D eigenvalue weighted by molar-refractivity contribution is 0.809. The van der Waals surface area contributed by atoms with Crippen molar-refractivity contribution >= 4 is 6.08 Å². The first-order chi connectivity index (χ1) is 7.36. The van der Waals surface area contributed by atoms with Crippen LogP contribution in [0.25, 0.3) is 6.08 Å². The third kappa shape index (κ3) is 4.77. The molecule has 0 aromatic heterocycles. The quantitative estimate of drug-likeness (QED) is 0.694. The summed E-state index contributed by atoms with van der Waals surface area (Å²) in [5.41, 5.74) is 8.06. The first-order valence-corrected chi connectivity index (χ1v) is 5.47. The molecule has 0 aliphatic carbocycles. The molecular formula is C13H20N2. The number of rotatable bonds is 6. The van der Waals surface area contributed by atoms with E-state index in [1.807, 2.05) is 7.05 Å². The molecule has 3 N–H and O–H groups in total. The number of hydrogen-bond donors (Lipinski definition) is 2. The van der Waals surface area contributed by atoms with Crippen LogP contribution >= 0.6 is 0 Å². The van der Waals surface area contributed by atoms with Crippen LogP contribution in [0.4, 0.5) is 0 Å². The lowest BCUT2D eigenvalue weighted by Gasteiger charge is -1.99. The highest BCUT2D eigenvalue weighted by Gasteiger charge is 1.90. The zero-order valence-electron chi connectivity index (χ0n) is 9.37. The molecule has 0 saturated heterocycles. The van der Waals surface area contributed by atoms with E-state index in [9.17, 15) is 0 Å². The highest BCUT2D eigenvalue weighted by atomic mass is 14.8. The number of nitrogens with one attached hydrogen (secondary N) is 1. The van der Waals surface area contributed by atoms with E-state index in [0.29, 0.717) is 0 Å². The topological polar surface area (TPSA) is 38.0 Å². The molecule has 1 rings (SSSR count). The Morgan fingerprint density at radius 1 is 1.27 bits per heavy atom. The highest BCUT2D eigenvalue weighted by molar-refractivity contribution is 5.49. The second-order valence-electron chi connectivity index (χ2n) is 3.57. The average Bonchev–Trinajstić information content (AvgIpc) is 2.27. The van der Waals surface area contributed by atoms with Crippen molar-refractivity contribution in [3.8, 4) is 0 Å². The van der Waals surface area contributed by atoms with E-state index in [0.717, 1.165) is 25.9 Å². The largest absolute Gasteiger partial charge is 0.330 e. The molecule has 0 heterocycles. The number of hydrogen-bond acceptors (Lipinski definition) is 2. The van der Waals surface area contributed by atoms with Crippen molar-refractivity contribution in [3.63, 3.8) is 0 Å². The van der Waals surface area contributed by atoms with Crippen molar-refractivity contribution < 1.29 is 0 Å². The van der Waals surface area contributed by atoms with Crippen molar-refractivity contribution in [1.82, 2.24) is 5.32 Å². The Bertz CT molecular complexity index is 288. The van der Waals surface area contributed by atoms with E-state index in [-0.39, 0.29) is 0 Å². The van der Waals surface area contributed by atoms with Crippen LogP contribution in [-0.2, 0) is 6.42 Å². The lowest BCUT2D eigenvalue weighted by Crippen LogP contribution is -2.05. The van der Waals surface area contributed by atoms with E-state index in [4.69, 9.17) is 5.73 Å². The second kappa shape index (κ2) is 7.21. The summed E-state index contributed by atoms with van der Waals surface area (Å²) in [4.78, 5) is 0. The molecule has 0 bridgehead atoms. The van der Waals surface area contributed by atoms with Gasteiger partial charge in [0.1, 0.15) is 0 Å². The number of nitrogens with two attached hydrogens (primary N) is 1. The highest BCUT2D eigenvalue weighted by Crippen LogP contribution is 2.06. The molecule has 0 amide bonds.